The van der Waals surface area contributed by atoms with Crippen LogP contribution < -0.4 is 11.2 Å². The number of nitrogens with one attached hydrogen (secondary N) is 1. The standard InChI is InChI=1S/C13H18N2O5/c1-4-8-6-15(13(17)14-12(8)16)11-5-9(19-3)10(20-11)7-18-2/h4,6,9-11H,1,5,7H2,2-3H3,(H,14,16,17)/t9-,10+,11+/m0/s1. The predicted molar refractivity (Wildman–Crippen MR) is 72.6 cm³/mol. The maximum Gasteiger partial charge on any atom is 0.330 e. The number of nitrogens with zero attached hydrogens (tertiary/aromatic N) is 1. The molecule has 2 rings (SSSR count). The summed E-state index contributed by atoms with van der Waals surface area (Å²) in [6.07, 6.45) is 2.44. The molecule has 7 heteroatoms. The summed E-state index contributed by atoms with van der Waals surface area (Å²) in [4.78, 5) is 25.6. The van der Waals surface area contributed by atoms with Crippen LogP contribution in [0.1, 0.15) is 18.2 Å². The third-order valence-electron chi connectivity index (χ3n) is 3.34. The molecule has 1 saturated heterocycles. The molecule has 0 aliphatic carbocycles. The predicted octanol–water partition coefficient (Wildman–Crippen LogP) is 0.128. The van der Waals surface area contributed by atoms with Crippen LogP contribution in [0.4, 0.5) is 0 Å². The van der Waals surface area contributed by atoms with E-state index in [1.54, 1.807) is 14.2 Å². The molecular formula is C13H18N2O5. The first kappa shape index (κ1) is 14.7. The molecule has 7 nitrogen and oxygen atoms in total. The lowest BCUT2D eigenvalue weighted by molar-refractivity contribution is -0.0618. The molecule has 1 N–H and O–H groups in total. The number of methoxy groups -OCH3 is 2. The Bertz CT molecular complexity index is 591. The minimum Gasteiger partial charge on any atom is -0.382 e. The summed E-state index contributed by atoms with van der Waals surface area (Å²) in [5.74, 6) is 0. The zero-order chi connectivity index (χ0) is 14.7. The van der Waals surface area contributed by atoms with E-state index in [1.807, 2.05) is 0 Å². The number of aromatic nitrogens is 2. The van der Waals surface area contributed by atoms with Gasteiger partial charge in [-0.15, -0.1) is 0 Å². The van der Waals surface area contributed by atoms with E-state index < -0.39 is 17.5 Å². The van der Waals surface area contributed by atoms with E-state index in [1.165, 1.54) is 16.8 Å². The van der Waals surface area contributed by atoms with Crippen LogP contribution in [-0.2, 0) is 14.2 Å². The van der Waals surface area contributed by atoms with Gasteiger partial charge in [-0.25, -0.2) is 4.79 Å². The number of ether oxygens (including phenoxy) is 3. The van der Waals surface area contributed by atoms with E-state index >= 15 is 0 Å². The van der Waals surface area contributed by atoms with Crippen molar-refractivity contribution >= 4 is 6.08 Å². The number of aromatic amines is 1. The zero-order valence-corrected chi connectivity index (χ0v) is 11.5. The van der Waals surface area contributed by atoms with Gasteiger partial charge in [0.05, 0.1) is 18.3 Å². The Morgan fingerprint density at radius 2 is 2.30 bits per heavy atom. The van der Waals surface area contributed by atoms with Crippen LogP contribution >= 0.6 is 0 Å². The van der Waals surface area contributed by atoms with E-state index in [4.69, 9.17) is 14.2 Å². The summed E-state index contributed by atoms with van der Waals surface area (Å²) in [6.45, 7) is 3.92. The van der Waals surface area contributed by atoms with Crippen LogP contribution in [0.25, 0.3) is 6.08 Å². The van der Waals surface area contributed by atoms with Crippen molar-refractivity contribution in [3.8, 4) is 0 Å². The van der Waals surface area contributed by atoms with Gasteiger partial charge in [0.15, 0.2) is 0 Å². The second-order valence-corrected chi connectivity index (χ2v) is 4.55. The van der Waals surface area contributed by atoms with Crippen molar-refractivity contribution in [1.29, 1.82) is 0 Å². The third-order valence-corrected chi connectivity index (χ3v) is 3.34. The first-order valence-corrected chi connectivity index (χ1v) is 6.25. The topological polar surface area (TPSA) is 82.6 Å². The Morgan fingerprint density at radius 3 is 2.90 bits per heavy atom. The zero-order valence-electron chi connectivity index (χ0n) is 11.5. The van der Waals surface area contributed by atoms with Crippen molar-refractivity contribution in [2.75, 3.05) is 20.8 Å². The van der Waals surface area contributed by atoms with Gasteiger partial charge in [-0.05, 0) is 0 Å². The van der Waals surface area contributed by atoms with Gasteiger partial charge in [-0.2, -0.15) is 0 Å². The summed E-state index contributed by atoms with van der Waals surface area (Å²) in [6, 6.07) is 0. The average molecular weight is 282 g/mol. The fourth-order valence-electron chi connectivity index (χ4n) is 2.29. The van der Waals surface area contributed by atoms with Crippen LogP contribution in [0.5, 0.6) is 0 Å². The normalized spacial score (nSPS) is 25.8. The molecule has 0 bridgehead atoms. The maximum atomic E-state index is 11.9. The Kier molecular flexibility index (Phi) is 4.53. The summed E-state index contributed by atoms with van der Waals surface area (Å²) in [5.41, 5.74) is -0.660. The van der Waals surface area contributed by atoms with Crippen LogP contribution in [0.3, 0.4) is 0 Å². The SMILES string of the molecule is C=Cc1cn([C@H]2C[C@H](OC)[C@@H](COC)O2)c(=O)[nH]c1=O. The smallest absolute Gasteiger partial charge is 0.330 e. The second kappa shape index (κ2) is 6.17. The Morgan fingerprint density at radius 1 is 1.55 bits per heavy atom. The molecule has 1 aromatic rings. The van der Waals surface area contributed by atoms with Gasteiger partial charge in [-0.1, -0.05) is 12.7 Å². The highest BCUT2D eigenvalue weighted by atomic mass is 16.6. The van der Waals surface area contributed by atoms with Crippen LogP contribution in [0.2, 0.25) is 0 Å². The molecule has 0 amide bonds. The molecule has 1 aliphatic rings. The van der Waals surface area contributed by atoms with Crippen LogP contribution in [0, 0.1) is 0 Å². The highest BCUT2D eigenvalue weighted by Crippen LogP contribution is 2.29. The van der Waals surface area contributed by atoms with Gasteiger partial charge in [0.25, 0.3) is 5.56 Å². The molecular weight excluding hydrogens is 264 g/mol. The lowest BCUT2D eigenvalue weighted by atomic mass is 10.2. The lowest BCUT2D eigenvalue weighted by Gasteiger charge is -2.16. The van der Waals surface area contributed by atoms with Crippen molar-refractivity contribution in [1.82, 2.24) is 9.55 Å². The first-order valence-electron chi connectivity index (χ1n) is 6.25. The molecule has 1 aromatic heterocycles. The Balaban J connectivity index is 2.31. The Labute approximate surface area is 115 Å². The first-order chi connectivity index (χ1) is 9.60. The molecule has 0 saturated carbocycles. The Hall–Kier alpha value is -1.70. The quantitative estimate of drug-likeness (QED) is 0.830. The van der Waals surface area contributed by atoms with Crippen molar-refractivity contribution in [3.05, 3.63) is 39.2 Å². The summed E-state index contributed by atoms with van der Waals surface area (Å²) < 4.78 is 17.5. The molecule has 1 aliphatic heterocycles. The average Bonchev–Trinajstić information content (AvgIpc) is 2.82. The molecule has 0 spiro atoms. The molecule has 2 heterocycles. The van der Waals surface area contributed by atoms with E-state index in [0.29, 0.717) is 18.6 Å². The van der Waals surface area contributed by atoms with Crippen LogP contribution in [0.15, 0.2) is 22.4 Å². The van der Waals surface area contributed by atoms with Gasteiger partial charge in [-0.3, -0.25) is 14.3 Å². The molecule has 110 valence electrons. The van der Waals surface area contributed by atoms with E-state index in [2.05, 4.69) is 11.6 Å². The van der Waals surface area contributed by atoms with Gasteiger partial charge in [0, 0.05) is 26.8 Å². The molecule has 3 atom stereocenters. The van der Waals surface area contributed by atoms with Crippen molar-refractivity contribution in [3.63, 3.8) is 0 Å². The van der Waals surface area contributed by atoms with Crippen LogP contribution in [-0.4, -0.2) is 42.6 Å². The molecule has 0 radical (unpaired) electrons. The molecule has 1 fully saturated rings. The highest BCUT2D eigenvalue weighted by Gasteiger charge is 2.36. The fourth-order valence-corrected chi connectivity index (χ4v) is 2.29. The fraction of sp³-hybridized carbons (Fsp3) is 0.538. The number of H-pyrrole nitrogens is 1. The molecule has 20 heavy (non-hydrogen) atoms. The number of hydrogen-bond donors (Lipinski definition) is 1. The summed E-state index contributed by atoms with van der Waals surface area (Å²) >= 11 is 0. The van der Waals surface area contributed by atoms with E-state index in [-0.39, 0.29) is 12.2 Å². The molecule has 0 aromatic carbocycles. The second-order valence-electron chi connectivity index (χ2n) is 4.55. The van der Waals surface area contributed by atoms with Crippen molar-refractivity contribution in [2.24, 2.45) is 0 Å². The van der Waals surface area contributed by atoms with Gasteiger partial charge in [0.2, 0.25) is 0 Å². The minimum atomic E-state index is -0.515. The minimum absolute atomic E-state index is 0.161. The monoisotopic (exact) mass is 282 g/mol. The van der Waals surface area contributed by atoms with Gasteiger partial charge >= 0.3 is 5.69 Å². The summed E-state index contributed by atoms with van der Waals surface area (Å²) in [7, 11) is 3.16. The maximum absolute atomic E-state index is 11.9. The largest absolute Gasteiger partial charge is 0.382 e. The third kappa shape index (κ3) is 2.74. The van der Waals surface area contributed by atoms with Gasteiger partial charge < -0.3 is 14.2 Å². The molecule has 0 unspecified atom stereocenters. The lowest BCUT2D eigenvalue weighted by Crippen LogP contribution is -2.33. The van der Waals surface area contributed by atoms with E-state index in [9.17, 15) is 9.59 Å². The van der Waals surface area contributed by atoms with Crippen molar-refractivity contribution in [2.45, 2.75) is 24.9 Å². The number of rotatable bonds is 5. The summed E-state index contributed by atoms with van der Waals surface area (Å²) in [5, 5.41) is 0. The van der Waals surface area contributed by atoms with Gasteiger partial charge in [0.1, 0.15) is 12.3 Å². The number of hydrogen-bond acceptors (Lipinski definition) is 5. The van der Waals surface area contributed by atoms with Crippen molar-refractivity contribution < 1.29 is 14.2 Å². The highest BCUT2D eigenvalue weighted by molar-refractivity contribution is 5.43. The van der Waals surface area contributed by atoms with E-state index in [0.717, 1.165) is 0 Å².